The third kappa shape index (κ3) is 3.73. The van der Waals surface area contributed by atoms with E-state index < -0.39 is 5.60 Å². The van der Waals surface area contributed by atoms with Gasteiger partial charge in [-0.05, 0) is 20.8 Å². The number of carbonyl (C=O) groups excluding carboxylic acids is 1. The number of hydrogen-bond donors (Lipinski definition) is 0. The van der Waals surface area contributed by atoms with Gasteiger partial charge in [0.1, 0.15) is 5.60 Å². The molecule has 0 aromatic rings. The highest BCUT2D eigenvalue weighted by Gasteiger charge is 2.53. The van der Waals surface area contributed by atoms with E-state index >= 15 is 0 Å². The molecule has 6 nitrogen and oxygen atoms in total. The topological polar surface area (TPSA) is 45.2 Å². The van der Waals surface area contributed by atoms with E-state index in [9.17, 15) is 4.79 Å². The zero-order valence-corrected chi connectivity index (χ0v) is 14.1. The Morgan fingerprint density at radius 3 is 2.23 bits per heavy atom. The lowest BCUT2D eigenvalue weighted by atomic mass is 9.73. The molecule has 1 spiro atoms. The first-order valence-electron chi connectivity index (χ1n) is 8.36. The van der Waals surface area contributed by atoms with Crippen LogP contribution in [0.25, 0.3) is 0 Å². The van der Waals surface area contributed by atoms with Gasteiger partial charge in [-0.15, -0.1) is 0 Å². The van der Waals surface area contributed by atoms with Crippen molar-refractivity contribution in [2.45, 2.75) is 26.4 Å². The van der Waals surface area contributed by atoms with E-state index in [1.165, 1.54) is 0 Å². The van der Waals surface area contributed by atoms with Gasteiger partial charge < -0.3 is 19.3 Å². The Kier molecular flexibility index (Phi) is 4.36. The Hall–Kier alpha value is -0.850. The fourth-order valence-electron chi connectivity index (χ4n) is 3.59. The molecule has 3 aliphatic heterocycles. The molecule has 0 atom stereocenters. The summed E-state index contributed by atoms with van der Waals surface area (Å²) in [6.45, 7) is 15.8. The van der Waals surface area contributed by atoms with E-state index in [-0.39, 0.29) is 6.09 Å². The molecule has 1 amide bonds. The monoisotopic (exact) mass is 311 g/mol. The van der Waals surface area contributed by atoms with Gasteiger partial charge in [0, 0.05) is 57.8 Å². The van der Waals surface area contributed by atoms with Crippen molar-refractivity contribution in [1.82, 2.24) is 14.7 Å². The maximum atomic E-state index is 12.0. The Morgan fingerprint density at radius 1 is 1.05 bits per heavy atom. The van der Waals surface area contributed by atoms with E-state index in [0.717, 1.165) is 65.6 Å². The first-order valence-corrected chi connectivity index (χ1v) is 8.36. The van der Waals surface area contributed by atoms with Gasteiger partial charge in [0.25, 0.3) is 0 Å². The first kappa shape index (κ1) is 16.0. The third-order valence-corrected chi connectivity index (χ3v) is 4.66. The number of amides is 1. The summed E-state index contributed by atoms with van der Waals surface area (Å²) < 4.78 is 10.8. The number of carbonyl (C=O) groups is 1. The van der Waals surface area contributed by atoms with Crippen LogP contribution in [0.1, 0.15) is 20.8 Å². The molecule has 3 rings (SSSR count). The zero-order valence-electron chi connectivity index (χ0n) is 14.1. The molecular formula is C16H29N3O3. The van der Waals surface area contributed by atoms with Gasteiger partial charge in [-0.3, -0.25) is 4.90 Å². The number of likely N-dealkylation sites (tertiary alicyclic amines) is 2. The van der Waals surface area contributed by atoms with Crippen molar-refractivity contribution < 1.29 is 14.3 Å². The second kappa shape index (κ2) is 5.98. The Labute approximate surface area is 133 Å². The molecule has 0 aromatic heterocycles. The SMILES string of the molecule is CC(C)(C)OC(=O)N1CC2(CN(CCN3CCOCC3)C2)C1. The molecule has 0 saturated carbocycles. The molecule has 3 saturated heterocycles. The van der Waals surface area contributed by atoms with E-state index in [0.29, 0.717) is 5.41 Å². The van der Waals surface area contributed by atoms with Gasteiger partial charge in [0.2, 0.25) is 0 Å². The second-order valence-electron chi connectivity index (χ2n) is 8.00. The third-order valence-electron chi connectivity index (χ3n) is 4.66. The van der Waals surface area contributed by atoms with Crippen molar-refractivity contribution in [2.24, 2.45) is 5.41 Å². The molecule has 0 bridgehead atoms. The lowest BCUT2D eigenvalue weighted by molar-refractivity contribution is -0.114. The average molecular weight is 311 g/mol. The summed E-state index contributed by atoms with van der Waals surface area (Å²) >= 11 is 0. The summed E-state index contributed by atoms with van der Waals surface area (Å²) in [6.07, 6.45) is -0.162. The standard InChI is InChI=1S/C16H29N3O3/c1-15(2,3)22-14(20)19-12-16(13-19)10-18(11-16)5-4-17-6-8-21-9-7-17/h4-13H2,1-3H3. The van der Waals surface area contributed by atoms with Gasteiger partial charge in [-0.25, -0.2) is 4.79 Å². The highest BCUT2D eigenvalue weighted by molar-refractivity contribution is 5.69. The van der Waals surface area contributed by atoms with Crippen molar-refractivity contribution >= 4 is 6.09 Å². The lowest BCUT2D eigenvalue weighted by Crippen LogP contribution is -2.73. The first-order chi connectivity index (χ1) is 10.4. The molecule has 22 heavy (non-hydrogen) atoms. The highest BCUT2D eigenvalue weighted by atomic mass is 16.6. The van der Waals surface area contributed by atoms with Crippen LogP contribution < -0.4 is 0 Å². The molecule has 126 valence electrons. The number of nitrogens with zero attached hydrogens (tertiary/aromatic N) is 3. The Morgan fingerprint density at radius 2 is 1.64 bits per heavy atom. The maximum absolute atomic E-state index is 12.0. The number of ether oxygens (including phenoxy) is 2. The lowest BCUT2D eigenvalue weighted by Gasteiger charge is -2.60. The van der Waals surface area contributed by atoms with Crippen molar-refractivity contribution in [3.63, 3.8) is 0 Å². The molecule has 3 heterocycles. The fraction of sp³-hybridized carbons (Fsp3) is 0.938. The summed E-state index contributed by atoms with van der Waals surface area (Å²) in [7, 11) is 0. The van der Waals surface area contributed by atoms with E-state index in [1.54, 1.807) is 0 Å². The van der Waals surface area contributed by atoms with Crippen molar-refractivity contribution in [3.8, 4) is 0 Å². The van der Waals surface area contributed by atoms with Crippen molar-refractivity contribution in [2.75, 3.05) is 65.6 Å². The average Bonchev–Trinajstić information content (AvgIpc) is 2.34. The second-order valence-corrected chi connectivity index (χ2v) is 8.00. The van der Waals surface area contributed by atoms with Crippen LogP contribution in [0.5, 0.6) is 0 Å². The molecule has 0 unspecified atom stereocenters. The minimum absolute atomic E-state index is 0.162. The van der Waals surface area contributed by atoms with Gasteiger partial charge >= 0.3 is 6.09 Å². The Balaban J connectivity index is 1.32. The summed E-state index contributed by atoms with van der Waals surface area (Å²) in [5, 5.41) is 0. The van der Waals surface area contributed by atoms with Crippen LogP contribution in [0, 0.1) is 5.41 Å². The quantitative estimate of drug-likeness (QED) is 0.774. The molecule has 3 fully saturated rings. The summed E-state index contributed by atoms with van der Waals surface area (Å²) in [6, 6.07) is 0. The van der Waals surface area contributed by atoms with Crippen LogP contribution in [-0.2, 0) is 9.47 Å². The summed E-state index contributed by atoms with van der Waals surface area (Å²) in [4.78, 5) is 18.8. The molecule has 0 radical (unpaired) electrons. The van der Waals surface area contributed by atoms with E-state index in [1.807, 2.05) is 25.7 Å². The summed E-state index contributed by atoms with van der Waals surface area (Å²) in [5.41, 5.74) is -0.0500. The molecule has 6 heteroatoms. The van der Waals surface area contributed by atoms with Crippen LogP contribution in [-0.4, -0.2) is 92.0 Å². The predicted octanol–water partition coefficient (Wildman–Crippen LogP) is 0.871. The van der Waals surface area contributed by atoms with Crippen LogP contribution in [0.3, 0.4) is 0 Å². The number of rotatable bonds is 3. The largest absolute Gasteiger partial charge is 0.444 e. The van der Waals surface area contributed by atoms with Gasteiger partial charge in [0.15, 0.2) is 0 Å². The van der Waals surface area contributed by atoms with Gasteiger partial charge in [-0.2, -0.15) is 0 Å². The molecule has 3 aliphatic rings. The molecule has 0 aromatic carbocycles. The molecule has 0 aliphatic carbocycles. The minimum Gasteiger partial charge on any atom is -0.444 e. The van der Waals surface area contributed by atoms with E-state index in [4.69, 9.17) is 9.47 Å². The van der Waals surface area contributed by atoms with Crippen LogP contribution in [0.15, 0.2) is 0 Å². The van der Waals surface area contributed by atoms with Crippen molar-refractivity contribution in [1.29, 1.82) is 0 Å². The fourth-order valence-corrected chi connectivity index (χ4v) is 3.59. The number of hydrogen-bond acceptors (Lipinski definition) is 5. The zero-order chi connectivity index (χ0) is 15.8. The number of morpholine rings is 1. The van der Waals surface area contributed by atoms with Crippen molar-refractivity contribution in [3.05, 3.63) is 0 Å². The smallest absolute Gasteiger partial charge is 0.410 e. The van der Waals surface area contributed by atoms with Crippen LogP contribution >= 0.6 is 0 Å². The van der Waals surface area contributed by atoms with Gasteiger partial charge in [0.05, 0.1) is 13.2 Å². The molecule has 0 N–H and O–H groups in total. The highest BCUT2D eigenvalue weighted by Crippen LogP contribution is 2.39. The van der Waals surface area contributed by atoms with Crippen LogP contribution in [0.2, 0.25) is 0 Å². The Bertz CT molecular complexity index is 401. The van der Waals surface area contributed by atoms with Gasteiger partial charge in [-0.1, -0.05) is 0 Å². The van der Waals surface area contributed by atoms with E-state index in [2.05, 4.69) is 9.80 Å². The predicted molar refractivity (Wildman–Crippen MR) is 83.9 cm³/mol. The van der Waals surface area contributed by atoms with Crippen LogP contribution in [0.4, 0.5) is 4.79 Å². The maximum Gasteiger partial charge on any atom is 0.410 e. The normalized spacial score (nSPS) is 25.7. The summed E-state index contributed by atoms with van der Waals surface area (Å²) in [5.74, 6) is 0. The minimum atomic E-state index is -0.399. The molecular weight excluding hydrogens is 282 g/mol.